The van der Waals surface area contributed by atoms with E-state index < -0.39 is 47.1 Å². The van der Waals surface area contributed by atoms with Gasteiger partial charge in [0.1, 0.15) is 18.4 Å². The van der Waals surface area contributed by atoms with Crippen LogP contribution in [0.25, 0.3) is 0 Å². The van der Waals surface area contributed by atoms with Crippen molar-refractivity contribution in [3.63, 3.8) is 0 Å². The molecule has 0 spiro atoms. The molecule has 7 rings (SSSR count). The Balaban J connectivity index is 1.56. The van der Waals surface area contributed by atoms with Crippen LogP contribution >= 0.6 is 11.8 Å². The Morgan fingerprint density at radius 3 is 2.61 bits per heavy atom. The molecular weight excluding hydrogens is 590 g/mol. The lowest BCUT2D eigenvalue weighted by atomic mass is 9.69. The van der Waals surface area contributed by atoms with Gasteiger partial charge >= 0.3 is 11.9 Å². The molecule has 2 aromatic carbocycles. The summed E-state index contributed by atoms with van der Waals surface area (Å²) in [7, 11) is 1.50. The average Bonchev–Trinajstić information content (AvgIpc) is 3.49. The van der Waals surface area contributed by atoms with E-state index in [1.807, 2.05) is 24.8 Å². The number of esters is 2. The molecule has 1 unspecified atom stereocenters. The Hall–Kier alpha value is -3.99. The number of hydrogen-bond donors (Lipinski definition) is 2. The molecule has 5 heterocycles. The SMILES string of the molecule is COc1c(C)cc2c(c1O)[C@H]1N[C@@H](C2C)[C@H](C#N)N2[C@H]1[C@@H]1SCC(=O)C(=O)OC[C@H]2c2c3c(c(C)c(OC(C)=O)c21)OCO3. The number of methoxy groups -OCH3 is 1. The second-order valence-electron chi connectivity index (χ2n) is 11.8. The molecule has 5 aliphatic heterocycles. The Morgan fingerprint density at radius 2 is 1.91 bits per heavy atom. The van der Waals surface area contributed by atoms with Crippen LogP contribution in [0.4, 0.5) is 0 Å². The van der Waals surface area contributed by atoms with E-state index in [1.165, 1.54) is 25.8 Å². The van der Waals surface area contributed by atoms with Crippen molar-refractivity contribution >= 4 is 29.5 Å². The van der Waals surface area contributed by atoms with E-state index in [-0.39, 0.29) is 42.6 Å². The summed E-state index contributed by atoms with van der Waals surface area (Å²) in [4.78, 5) is 40.2. The van der Waals surface area contributed by atoms with Crippen LogP contribution in [0.2, 0.25) is 0 Å². The summed E-state index contributed by atoms with van der Waals surface area (Å²) in [6.07, 6.45) is 0. The molecule has 0 aromatic heterocycles. The number of Topliss-reactive ketones (excluding diaryl/α,β-unsaturated/α-hetero) is 1. The third kappa shape index (κ3) is 3.87. The summed E-state index contributed by atoms with van der Waals surface area (Å²) in [5.74, 6) is -1.12. The number of rotatable bonds is 2. The van der Waals surface area contributed by atoms with E-state index in [2.05, 4.69) is 11.4 Å². The van der Waals surface area contributed by atoms with Crippen molar-refractivity contribution in [2.45, 2.75) is 69.1 Å². The van der Waals surface area contributed by atoms with Crippen LogP contribution in [-0.4, -0.2) is 72.1 Å². The van der Waals surface area contributed by atoms with Crippen LogP contribution in [-0.2, 0) is 19.1 Å². The smallest absolute Gasteiger partial charge is 0.375 e. The summed E-state index contributed by atoms with van der Waals surface area (Å²) < 4.78 is 29.0. The van der Waals surface area contributed by atoms with Crippen molar-refractivity contribution in [1.82, 2.24) is 10.2 Å². The normalized spacial score (nSPS) is 30.0. The number of piperazine rings is 1. The first-order chi connectivity index (χ1) is 21.1. The topological polar surface area (TPSA) is 157 Å². The Labute approximate surface area is 257 Å². The Bertz CT molecular complexity index is 1690. The van der Waals surface area contributed by atoms with Crippen LogP contribution in [0.5, 0.6) is 28.7 Å². The molecule has 0 radical (unpaired) electrons. The maximum absolute atomic E-state index is 12.9. The zero-order chi connectivity index (χ0) is 31.2. The third-order valence-corrected chi connectivity index (χ3v) is 10.8. The Morgan fingerprint density at radius 1 is 1.16 bits per heavy atom. The maximum Gasteiger partial charge on any atom is 0.375 e. The molecule has 4 bridgehead atoms. The quantitative estimate of drug-likeness (QED) is 0.287. The number of nitriles is 1. The van der Waals surface area contributed by atoms with E-state index in [4.69, 9.17) is 23.7 Å². The number of carbonyl (C=O) groups excluding carboxylic acids is 3. The number of ether oxygens (including phenoxy) is 5. The zero-order valence-electron chi connectivity index (χ0n) is 24.8. The highest BCUT2D eigenvalue weighted by atomic mass is 32.2. The van der Waals surface area contributed by atoms with Crippen LogP contribution in [0, 0.1) is 25.2 Å². The number of thioether (sulfide) groups is 1. The number of aryl methyl sites for hydroxylation is 1. The first kappa shape index (κ1) is 28.8. The number of nitrogens with zero attached hydrogens (tertiary/aromatic N) is 2. The number of phenols is 1. The minimum absolute atomic E-state index is 0.00318. The highest BCUT2D eigenvalue weighted by Gasteiger charge is 2.60. The second kappa shape index (κ2) is 10.3. The molecule has 2 aromatic rings. The monoisotopic (exact) mass is 621 g/mol. The Kier molecular flexibility index (Phi) is 6.73. The molecule has 230 valence electrons. The van der Waals surface area contributed by atoms with Gasteiger partial charge in [-0.1, -0.05) is 13.0 Å². The number of phenolic OH excluding ortho intramolecular Hbond substituents is 1. The van der Waals surface area contributed by atoms with Gasteiger partial charge in [-0.3, -0.25) is 14.5 Å². The number of benzene rings is 2. The molecule has 12 nitrogen and oxygen atoms in total. The largest absolute Gasteiger partial charge is 0.504 e. The summed E-state index contributed by atoms with van der Waals surface area (Å²) >= 11 is 1.20. The fourth-order valence-electron chi connectivity index (χ4n) is 7.79. The molecule has 44 heavy (non-hydrogen) atoms. The second-order valence-corrected chi connectivity index (χ2v) is 12.9. The van der Waals surface area contributed by atoms with Crippen LogP contribution in [0.15, 0.2) is 6.07 Å². The number of cyclic esters (lactones) is 1. The highest BCUT2D eigenvalue weighted by Crippen LogP contribution is 2.63. The molecule has 0 aliphatic carbocycles. The highest BCUT2D eigenvalue weighted by molar-refractivity contribution is 8.00. The van der Waals surface area contributed by atoms with Crippen LogP contribution in [0.3, 0.4) is 0 Å². The minimum Gasteiger partial charge on any atom is -0.504 e. The lowest BCUT2D eigenvalue weighted by molar-refractivity contribution is -0.155. The molecule has 2 N–H and O–H groups in total. The first-order valence-electron chi connectivity index (χ1n) is 14.4. The molecule has 0 saturated carbocycles. The summed E-state index contributed by atoms with van der Waals surface area (Å²) in [6, 6.07) is 1.57. The summed E-state index contributed by atoms with van der Waals surface area (Å²) in [5, 5.41) is 25.5. The standard InChI is InChI=1S/C31H31N3O9S/c1-11-6-15-12(2)22-16(7-32)34-17-8-40-31(38)18(36)9-44-30(24(34)23(33-22)19(15)25(37)26(11)39-5)21-20(17)29-28(41-10-42-29)13(3)27(21)43-14(4)35/h6,12,16-17,22-24,30,33,37H,8-10H2,1-5H3/t12?,16-,17-,22-,23+,24+,30+/m0/s1. The van der Waals surface area contributed by atoms with Gasteiger partial charge in [0.2, 0.25) is 12.6 Å². The maximum atomic E-state index is 12.9. The van der Waals surface area contributed by atoms with Crippen molar-refractivity contribution in [2.75, 3.05) is 26.3 Å². The predicted molar refractivity (Wildman–Crippen MR) is 155 cm³/mol. The van der Waals surface area contributed by atoms with Gasteiger partial charge in [-0.25, -0.2) is 4.79 Å². The number of aromatic hydroxyl groups is 1. The van der Waals surface area contributed by atoms with Gasteiger partial charge in [0, 0.05) is 41.3 Å². The average molecular weight is 622 g/mol. The molecule has 5 aliphatic rings. The number of hydrogen-bond acceptors (Lipinski definition) is 13. The van der Waals surface area contributed by atoms with Gasteiger partial charge in [0.25, 0.3) is 0 Å². The lowest BCUT2D eigenvalue weighted by Crippen LogP contribution is -2.69. The van der Waals surface area contributed by atoms with E-state index in [0.29, 0.717) is 39.5 Å². The summed E-state index contributed by atoms with van der Waals surface area (Å²) in [5.41, 5.74) is 4.07. The minimum atomic E-state index is -0.954. The van der Waals surface area contributed by atoms with Gasteiger partial charge in [0.15, 0.2) is 23.0 Å². The number of nitrogens with one attached hydrogen (secondary N) is 1. The molecule has 2 saturated heterocycles. The van der Waals surface area contributed by atoms with Crippen molar-refractivity contribution < 1.29 is 43.2 Å². The number of carbonyl (C=O) groups is 3. The van der Waals surface area contributed by atoms with E-state index >= 15 is 0 Å². The molecule has 2 fully saturated rings. The van der Waals surface area contributed by atoms with Crippen molar-refractivity contribution in [1.29, 1.82) is 5.26 Å². The van der Waals surface area contributed by atoms with Crippen molar-refractivity contribution in [3.05, 3.63) is 39.4 Å². The van der Waals surface area contributed by atoms with Crippen molar-refractivity contribution in [2.24, 2.45) is 0 Å². The zero-order valence-corrected chi connectivity index (χ0v) is 25.6. The fraction of sp³-hybridized carbons (Fsp3) is 0.484. The van der Waals surface area contributed by atoms with E-state index in [0.717, 1.165) is 11.1 Å². The molecule has 13 heteroatoms. The predicted octanol–water partition coefficient (Wildman–Crippen LogP) is 3.02. The van der Waals surface area contributed by atoms with Crippen molar-refractivity contribution in [3.8, 4) is 34.8 Å². The third-order valence-electron chi connectivity index (χ3n) is 9.51. The van der Waals surface area contributed by atoms with Crippen LogP contribution < -0.4 is 24.3 Å². The van der Waals surface area contributed by atoms with Gasteiger partial charge in [-0.15, -0.1) is 11.8 Å². The molecular formula is C31H31N3O9S. The summed E-state index contributed by atoms with van der Waals surface area (Å²) in [6.45, 7) is 6.64. The van der Waals surface area contributed by atoms with Gasteiger partial charge in [0.05, 0.1) is 36.3 Å². The van der Waals surface area contributed by atoms with Gasteiger partial charge in [-0.2, -0.15) is 5.26 Å². The number of fused-ring (bicyclic) bond motifs is 9. The number of ketones is 1. The van der Waals surface area contributed by atoms with Gasteiger partial charge < -0.3 is 34.1 Å². The first-order valence-corrected chi connectivity index (χ1v) is 15.4. The molecule has 0 amide bonds. The van der Waals surface area contributed by atoms with Crippen LogP contribution in [0.1, 0.15) is 70.5 Å². The molecule has 7 atom stereocenters. The lowest BCUT2D eigenvalue weighted by Gasteiger charge is -2.60. The fourth-order valence-corrected chi connectivity index (χ4v) is 9.14. The van der Waals surface area contributed by atoms with Gasteiger partial charge in [-0.05, 0) is 30.9 Å². The van der Waals surface area contributed by atoms with E-state index in [1.54, 1.807) is 6.92 Å². The van der Waals surface area contributed by atoms with E-state index in [9.17, 15) is 24.8 Å².